The van der Waals surface area contributed by atoms with Crippen LogP contribution >= 0.6 is 11.3 Å². The predicted molar refractivity (Wildman–Crippen MR) is 83.5 cm³/mol. The zero-order valence-corrected chi connectivity index (χ0v) is 13.3. The molecule has 1 saturated heterocycles. The van der Waals surface area contributed by atoms with Crippen molar-refractivity contribution in [3.05, 3.63) is 27.1 Å². The minimum absolute atomic E-state index is 0.0966. The van der Waals surface area contributed by atoms with Crippen LogP contribution in [0.4, 0.5) is 0 Å². The van der Waals surface area contributed by atoms with E-state index in [1.807, 2.05) is 6.92 Å². The molecular formula is C14H21N5OS. The first kappa shape index (κ1) is 14.6. The molecule has 1 aliphatic heterocycles. The molecule has 2 atom stereocenters. The van der Waals surface area contributed by atoms with E-state index in [1.165, 1.54) is 15.9 Å². The van der Waals surface area contributed by atoms with Crippen molar-refractivity contribution in [1.29, 1.82) is 0 Å². The maximum atomic E-state index is 12.1. The number of likely N-dealkylation sites (tertiary alicyclic amines) is 1. The summed E-state index contributed by atoms with van der Waals surface area (Å²) in [5.41, 5.74) is 6.84. The van der Waals surface area contributed by atoms with E-state index >= 15 is 0 Å². The van der Waals surface area contributed by atoms with Crippen LogP contribution in [-0.4, -0.2) is 38.6 Å². The van der Waals surface area contributed by atoms with Gasteiger partial charge in [-0.2, -0.15) is 9.61 Å². The molecule has 0 aromatic carbocycles. The molecule has 0 saturated carbocycles. The maximum Gasteiger partial charge on any atom is 0.275 e. The van der Waals surface area contributed by atoms with E-state index in [-0.39, 0.29) is 11.6 Å². The molecule has 1 aliphatic rings. The third kappa shape index (κ3) is 3.00. The average molecular weight is 307 g/mol. The van der Waals surface area contributed by atoms with Gasteiger partial charge in [-0.05, 0) is 25.3 Å². The first-order valence-electron chi connectivity index (χ1n) is 7.43. The summed E-state index contributed by atoms with van der Waals surface area (Å²) in [4.78, 5) is 19.7. The lowest BCUT2D eigenvalue weighted by molar-refractivity contribution is 0.160. The third-order valence-electron chi connectivity index (χ3n) is 4.13. The van der Waals surface area contributed by atoms with E-state index in [0.717, 1.165) is 36.6 Å². The zero-order valence-electron chi connectivity index (χ0n) is 12.5. The van der Waals surface area contributed by atoms with E-state index in [2.05, 4.69) is 21.9 Å². The Bertz CT molecular complexity index is 694. The average Bonchev–Trinajstić information content (AvgIpc) is 2.87. The van der Waals surface area contributed by atoms with Crippen molar-refractivity contribution < 1.29 is 0 Å². The first-order valence-corrected chi connectivity index (χ1v) is 8.25. The van der Waals surface area contributed by atoms with Crippen LogP contribution in [0.2, 0.25) is 0 Å². The highest BCUT2D eigenvalue weighted by Crippen LogP contribution is 2.17. The Hall–Kier alpha value is -1.31. The van der Waals surface area contributed by atoms with Crippen LogP contribution in [-0.2, 0) is 13.0 Å². The first-order chi connectivity index (χ1) is 10.1. The van der Waals surface area contributed by atoms with Gasteiger partial charge in [0.2, 0.25) is 4.96 Å². The summed E-state index contributed by atoms with van der Waals surface area (Å²) in [6, 6.07) is 1.80. The Morgan fingerprint density at radius 1 is 1.52 bits per heavy atom. The molecule has 2 unspecified atom stereocenters. The predicted octanol–water partition coefficient (Wildman–Crippen LogP) is 0.882. The van der Waals surface area contributed by atoms with Crippen molar-refractivity contribution in [2.24, 2.45) is 11.7 Å². The highest BCUT2D eigenvalue weighted by atomic mass is 32.1. The molecule has 0 radical (unpaired) electrons. The van der Waals surface area contributed by atoms with Crippen LogP contribution in [0.5, 0.6) is 0 Å². The normalized spacial score (nSPS) is 23.8. The second kappa shape index (κ2) is 5.82. The lowest BCUT2D eigenvalue weighted by atomic mass is 9.94. The molecule has 2 aromatic rings. The number of aryl methyl sites for hydroxylation is 1. The molecule has 21 heavy (non-hydrogen) atoms. The van der Waals surface area contributed by atoms with Gasteiger partial charge in [-0.15, -0.1) is 0 Å². The number of hydrogen-bond acceptors (Lipinski definition) is 6. The molecule has 7 heteroatoms. The van der Waals surface area contributed by atoms with Crippen LogP contribution < -0.4 is 11.3 Å². The number of rotatable bonds is 3. The lowest BCUT2D eigenvalue weighted by Gasteiger charge is -2.34. The summed E-state index contributed by atoms with van der Waals surface area (Å²) >= 11 is 1.49. The molecule has 3 heterocycles. The van der Waals surface area contributed by atoms with E-state index < -0.39 is 0 Å². The monoisotopic (exact) mass is 307 g/mol. The van der Waals surface area contributed by atoms with Crippen molar-refractivity contribution in [1.82, 2.24) is 19.5 Å². The second-order valence-corrected chi connectivity index (χ2v) is 6.83. The van der Waals surface area contributed by atoms with Gasteiger partial charge < -0.3 is 5.73 Å². The van der Waals surface area contributed by atoms with Gasteiger partial charge in [-0.25, -0.2) is 4.98 Å². The largest absolute Gasteiger partial charge is 0.326 e. The van der Waals surface area contributed by atoms with Crippen molar-refractivity contribution in [2.45, 2.75) is 39.3 Å². The number of nitrogens with zero attached hydrogens (tertiary/aromatic N) is 4. The number of aromatic nitrogens is 3. The maximum absolute atomic E-state index is 12.1. The van der Waals surface area contributed by atoms with Crippen molar-refractivity contribution in [2.75, 3.05) is 13.1 Å². The summed E-state index contributed by atoms with van der Waals surface area (Å²) in [6.07, 6.45) is 1.92. The molecule has 3 rings (SSSR count). The fraction of sp³-hybridized carbons (Fsp3) is 0.643. The molecule has 0 bridgehead atoms. The van der Waals surface area contributed by atoms with Crippen molar-refractivity contribution in [3.63, 3.8) is 0 Å². The molecule has 6 nitrogen and oxygen atoms in total. The quantitative estimate of drug-likeness (QED) is 0.911. The van der Waals surface area contributed by atoms with Crippen molar-refractivity contribution >= 4 is 16.3 Å². The zero-order chi connectivity index (χ0) is 15.0. The fourth-order valence-corrected chi connectivity index (χ4v) is 3.52. The number of fused-ring (bicyclic) bond motifs is 1. The van der Waals surface area contributed by atoms with Gasteiger partial charge in [0, 0.05) is 25.2 Å². The van der Waals surface area contributed by atoms with Crippen LogP contribution in [0.15, 0.2) is 10.9 Å². The molecule has 0 spiro atoms. The van der Waals surface area contributed by atoms with Gasteiger partial charge in [0.05, 0.1) is 5.69 Å². The molecule has 2 aromatic heterocycles. The second-order valence-electron chi connectivity index (χ2n) is 5.79. The molecule has 114 valence electrons. The highest BCUT2D eigenvalue weighted by Gasteiger charge is 2.23. The molecule has 0 amide bonds. The smallest absolute Gasteiger partial charge is 0.275 e. The standard InChI is InChI=1S/C14H21N5OS/c1-3-12-17-19-13(20)6-10(16-14(19)21-12)7-18-5-4-9(2)11(15)8-18/h6,9,11H,3-5,7-8,15H2,1-2H3. The van der Waals surface area contributed by atoms with Crippen LogP contribution in [0.25, 0.3) is 4.96 Å². The minimum atomic E-state index is -0.0966. The molecule has 1 fully saturated rings. The van der Waals surface area contributed by atoms with Gasteiger partial charge >= 0.3 is 0 Å². The minimum Gasteiger partial charge on any atom is -0.326 e. The Morgan fingerprint density at radius 2 is 2.33 bits per heavy atom. The highest BCUT2D eigenvalue weighted by molar-refractivity contribution is 7.16. The SMILES string of the molecule is CCc1nn2c(=O)cc(CN3CCC(C)C(N)C3)nc2s1. The number of piperidine rings is 1. The Kier molecular flexibility index (Phi) is 4.05. The third-order valence-corrected chi connectivity index (χ3v) is 5.18. The summed E-state index contributed by atoms with van der Waals surface area (Å²) in [6.45, 7) is 6.79. The van der Waals surface area contributed by atoms with Crippen LogP contribution in [0.3, 0.4) is 0 Å². The number of hydrogen-bond donors (Lipinski definition) is 1. The molecular weight excluding hydrogens is 286 g/mol. The van der Waals surface area contributed by atoms with Crippen LogP contribution in [0, 0.1) is 5.92 Å². The van der Waals surface area contributed by atoms with E-state index in [9.17, 15) is 4.79 Å². The van der Waals surface area contributed by atoms with Gasteiger partial charge in [-0.1, -0.05) is 25.2 Å². The van der Waals surface area contributed by atoms with Gasteiger partial charge in [-0.3, -0.25) is 9.69 Å². The molecule has 2 N–H and O–H groups in total. The van der Waals surface area contributed by atoms with Crippen molar-refractivity contribution in [3.8, 4) is 0 Å². The topological polar surface area (TPSA) is 76.5 Å². The summed E-state index contributed by atoms with van der Waals surface area (Å²) < 4.78 is 1.40. The lowest BCUT2D eigenvalue weighted by Crippen LogP contribution is -2.47. The fourth-order valence-electron chi connectivity index (χ4n) is 2.66. The number of nitrogens with two attached hydrogens (primary N) is 1. The Morgan fingerprint density at radius 3 is 3.05 bits per heavy atom. The Labute approximate surface area is 127 Å². The summed E-state index contributed by atoms with van der Waals surface area (Å²) in [5, 5.41) is 5.20. The van der Waals surface area contributed by atoms with E-state index in [0.29, 0.717) is 17.4 Å². The summed E-state index contributed by atoms with van der Waals surface area (Å²) in [7, 11) is 0. The van der Waals surface area contributed by atoms with E-state index in [1.54, 1.807) is 6.07 Å². The van der Waals surface area contributed by atoms with Gasteiger partial charge in [0.1, 0.15) is 5.01 Å². The van der Waals surface area contributed by atoms with Gasteiger partial charge in [0.15, 0.2) is 0 Å². The Balaban J connectivity index is 1.82. The van der Waals surface area contributed by atoms with Crippen LogP contribution in [0.1, 0.15) is 31.0 Å². The summed E-state index contributed by atoms with van der Waals surface area (Å²) in [5.74, 6) is 0.566. The van der Waals surface area contributed by atoms with Gasteiger partial charge in [0.25, 0.3) is 5.56 Å². The molecule has 0 aliphatic carbocycles. The van der Waals surface area contributed by atoms with E-state index in [4.69, 9.17) is 5.73 Å².